The van der Waals surface area contributed by atoms with E-state index in [1.807, 2.05) is 30.3 Å². The van der Waals surface area contributed by atoms with Gasteiger partial charge in [0.05, 0.1) is 23.9 Å². The molecule has 0 saturated carbocycles. The Balaban J connectivity index is 1.66. The number of anilines is 1. The van der Waals surface area contributed by atoms with Gasteiger partial charge in [-0.25, -0.2) is 4.98 Å². The number of nitro benzene ring substituents is 1. The maximum Gasteiger partial charge on any atom is 0.269 e. The third-order valence-electron chi connectivity index (χ3n) is 3.80. The molecule has 0 unspecified atom stereocenters. The van der Waals surface area contributed by atoms with Crippen LogP contribution in [-0.2, 0) is 6.61 Å². The molecule has 0 bridgehead atoms. The van der Waals surface area contributed by atoms with Gasteiger partial charge in [0.25, 0.3) is 5.69 Å². The Morgan fingerprint density at radius 1 is 1.18 bits per heavy atom. The summed E-state index contributed by atoms with van der Waals surface area (Å²) in [7, 11) is 1.60. The fourth-order valence-corrected chi connectivity index (χ4v) is 2.41. The van der Waals surface area contributed by atoms with Crippen LogP contribution in [0.2, 0.25) is 0 Å². The lowest BCUT2D eigenvalue weighted by Crippen LogP contribution is -2.01. The molecule has 0 amide bonds. The summed E-state index contributed by atoms with van der Waals surface area (Å²) in [5.41, 5.74) is 5.21. The Labute approximate surface area is 161 Å². The number of hydrogen-bond acceptors (Lipinski definition) is 7. The van der Waals surface area contributed by atoms with E-state index in [0.717, 1.165) is 11.1 Å². The lowest BCUT2D eigenvalue weighted by Gasteiger charge is -2.10. The third-order valence-corrected chi connectivity index (χ3v) is 3.80. The van der Waals surface area contributed by atoms with Gasteiger partial charge >= 0.3 is 0 Å². The predicted octanol–water partition coefficient (Wildman–Crippen LogP) is 4.02. The molecule has 0 saturated heterocycles. The highest BCUT2D eigenvalue weighted by Gasteiger charge is 2.06. The first kappa shape index (κ1) is 18.8. The maximum atomic E-state index is 10.7. The SMILES string of the molecule is COc1ccc(C=NNc2ccc([N+](=O)[O-])cc2)cc1COc1ccccn1. The molecule has 142 valence electrons. The number of nitrogens with one attached hydrogen (secondary N) is 1. The van der Waals surface area contributed by atoms with Crippen molar-refractivity contribution in [3.8, 4) is 11.6 Å². The molecular weight excluding hydrogens is 360 g/mol. The van der Waals surface area contributed by atoms with Crippen LogP contribution in [0, 0.1) is 10.1 Å². The molecule has 28 heavy (non-hydrogen) atoms. The molecule has 0 radical (unpaired) electrons. The summed E-state index contributed by atoms with van der Waals surface area (Å²) in [6.45, 7) is 0.303. The van der Waals surface area contributed by atoms with E-state index in [4.69, 9.17) is 9.47 Å². The number of non-ortho nitro benzene ring substituents is 1. The lowest BCUT2D eigenvalue weighted by molar-refractivity contribution is -0.384. The highest BCUT2D eigenvalue weighted by Crippen LogP contribution is 2.21. The number of nitrogens with zero attached hydrogens (tertiary/aromatic N) is 3. The number of hydrogen-bond donors (Lipinski definition) is 1. The lowest BCUT2D eigenvalue weighted by atomic mass is 10.1. The van der Waals surface area contributed by atoms with Crippen LogP contribution in [0.5, 0.6) is 11.6 Å². The highest BCUT2D eigenvalue weighted by atomic mass is 16.6. The van der Waals surface area contributed by atoms with Crippen LogP contribution in [0.4, 0.5) is 11.4 Å². The molecule has 8 heteroatoms. The van der Waals surface area contributed by atoms with Gasteiger partial charge in [0.15, 0.2) is 0 Å². The number of nitro groups is 1. The van der Waals surface area contributed by atoms with Crippen molar-refractivity contribution < 1.29 is 14.4 Å². The second kappa shape index (κ2) is 9.13. The van der Waals surface area contributed by atoms with Gasteiger partial charge in [0.1, 0.15) is 12.4 Å². The summed E-state index contributed by atoms with van der Waals surface area (Å²) < 4.78 is 11.1. The van der Waals surface area contributed by atoms with Crippen molar-refractivity contribution >= 4 is 17.6 Å². The standard InChI is InChI=1S/C20H18N4O4/c1-27-19-10-5-15(12-16(19)14-28-20-4-2-3-11-21-20)13-22-23-17-6-8-18(9-7-17)24(25)26/h2-13,23H,14H2,1H3. The molecule has 3 rings (SSSR count). The molecule has 3 aromatic rings. The predicted molar refractivity (Wildman–Crippen MR) is 106 cm³/mol. The Kier molecular flexibility index (Phi) is 6.14. The van der Waals surface area contributed by atoms with Crippen LogP contribution in [0.25, 0.3) is 0 Å². The molecule has 1 heterocycles. The molecule has 0 aliphatic rings. The minimum atomic E-state index is -0.445. The molecule has 0 spiro atoms. The minimum Gasteiger partial charge on any atom is -0.496 e. The van der Waals surface area contributed by atoms with Crippen LogP contribution in [0.15, 0.2) is 72.0 Å². The van der Waals surface area contributed by atoms with Crippen molar-refractivity contribution in [2.75, 3.05) is 12.5 Å². The number of ether oxygens (including phenoxy) is 2. The summed E-state index contributed by atoms with van der Waals surface area (Å²) in [5.74, 6) is 1.24. The number of benzene rings is 2. The smallest absolute Gasteiger partial charge is 0.269 e. The largest absolute Gasteiger partial charge is 0.496 e. The van der Waals surface area contributed by atoms with Crippen molar-refractivity contribution in [2.45, 2.75) is 6.61 Å². The highest BCUT2D eigenvalue weighted by molar-refractivity contribution is 5.81. The Bertz CT molecular complexity index is 960. The van der Waals surface area contributed by atoms with Gasteiger partial charge in [-0.05, 0) is 42.0 Å². The van der Waals surface area contributed by atoms with E-state index in [1.165, 1.54) is 12.1 Å². The van der Waals surface area contributed by atoms with E-state index in [0.29, 0.717) is 23.9 Å². The summed E-state index contributed by atoms with van der Waals surface area (Å²) in [6, 6.07) is 17.1. The van der Waals surface area contributed by atoms with E-state index in [1.54, 1.807) is 37.7 Å². The molecule has 1 aromatic heterocycles. The van der Waals surface area contributed by atoms with E-state index < -0.39 is 4.92 Å². The molecule has 8 nitrogen and oxygen atoms in total. The number of hydrazone groups is 1. The van der Waals surface area contributed by atoms with Crippen molar-refractivity contribution in [2.24, 2.45) is 5.10 Å². The molecule has 0 aliphatic heterocycles. The molecule has 0 fully saturated rings. The fraction of sp³-hybridized carbons (Fsp3) is 0.100. The van der Waals surface area contributed by atoms with Crippen molar-refractivity contribution in [1.29, 1.82) is 0 Å². The van der Waals surface area contributed by atoms with Crippen LogP contribution in [-0.4, -0.2) is 23.2 Å². The van der Waals surface area contributed by atoms with Gasteiger partial charge in [-0.15, -0.1) is 0 Å². The summed E-state index contributed by atoms with van der Waals surface area (Å²) >= 11 is 0. The molecule has 0 atom stereocenters. The van der Waals surface area contributed by atoms with Gasteiger partial charge in [0.2, 0.25) is 5.88 Å². The summed E-state index contributed by atoms with van der Waals surface area (Å²) in [5, 5.41) is 14.8. The second-order valence-electron chi connectivity index (χ2n) is 5.70. The first-order chi connectivity index (χ1) is 13.7. The van der Waals surface area contributed by atoms with Crippen molar-refractivity contribution in [3.05, 3.63) is 88.1 Å². The van der Waals surface area contributed by atoms with E-state index in [-0.39, 0.29) is 5.69 Å². The quantitative estimate of drug-likeness (QED) is 0.361. The number of methoxy groups -OCH3 is 1. The normalized spacial score (nSPS) is 10.6. The van der Waals surface area contributed by atoms with Gasteiger partial charge in [0, 0.05) is 30.0 Å². The first-order valence-electron chi connectivity index (χ1n) is 8.40. The Morgan fingerprint density at radius 2 is 2.00 bits per heavy atom. The number of pyridine rings is 1. The van der Waals surface area contributed by atoms with Crippen LogP contribution in [0.1, 0.15) is 11.1 Å². The van der Waals surface area contributed by atoms with Crippen LogP contribution < -0.4 is 14.9 Å². The molecule has 1 N–H and O–H groups in total. The third kappa shape index (κ3) is 5.04. The minimum absolute atomic E-state index is 0.0298. The second-order valence-corrected chi connectivity index (χ2v) is 5.70. The van der Waals surface area contributed by atoms with E-state index in [2.05, 4.69) is 15.5 Å². The van der Waals surface area contributed by atoms with E-state index >= 15 is 0 Å². The maximum absolute atomic E-state index is 10.7. The Hall–Kier alpha value is -3.94. The monoisotopic (exact) mass is 378 g/mol. The average Bonchev–Trinajstić information content (AvgIpc) is 2.73. The van der Waals surface area contributed by atoms with Gasteiger partial charge in [-0.1, -0.05) is 6.07 Å². The Morgan fingerprint density at radius 3 is 2.68 bits per heavy atom. The molecule has 2 aromatic carbocycles. The summed E-state index contributed by atoms with van der Waals surface area (Å²) in [6.07, 6.45) is 3.31. The van der Waals surface area contributed by atoms with Crippen molar-refractivity contribution in [1.82, 2.24) is 4.98 Å². The van der Waals surface area contributed by atoms with Crippen LogP contribution >= 0.6 is 0 Å². The summed E-state index contributed by atoms with van der Waals surface area (Å²) in [4.78, 5) is 14.4. The van der Waals surface area contributed by atoms with Crippen molar-refractivity contribution in [3.63, 3.8) is 0 Å². The zero-order valence-corrected chi connectivity index (χ0v) is 15.1. The topological polar surface area (TPSA) is 98.9 Å². The first-order valence-corrected chi connectivity index (χ1v) is 8.40. The average molecular weight is 378 g/mol. The number of rotatable bonds is 8. The van der Waals surface area contributed by atoms with Gasteiger partial charge in [-0.3, -0.25) is 15.5 Å². The van der Waals surface area contributed by atoms with E-state index in [9.17, 15) is 10.1 Å². The fourth-order valence-electron chi connectivity index (χ4n) is 2.41. The molecular formula is C20H18N4O4. The molecule has 0 aliphatic carbocycles. The zero-order valence-electron chi connectivity index (χ0n) is 15.1. The zero-order chi connectivity index (χ0) is 19.8. The number of aromatic nitrogens is 1. The van der Waals surface area contributed by atoms with Gasteiger partial charge < -0.3 is 9.47 Å². The van der Waals surface area contributed by atoms with Crippen LogP contribution in [0.3, 0.4) is 0 Å². The van der Waals surface area contributed by atoms with Gasteiger partial charge in [-0.2, -0.15) is 5.10 Å².